The van der Waals surface area contributed by atoms with Gasteiger partial charge >= 0.3 is 5.69 Å². The first-order valence-electron chi connectivity index (χ1n) is 9.24. The van der Waals surface area contributed by atoms with Crippen LogP contribution < -0.4 is 16.6 Å². The predicted octanol–water partition coefficient (Wildman–Crippen LogP) is 2.32. The summed E-state index contributed by atoms with van der Waals surface area (Å²) in [6.45, 7) is 3.64. The van der Waals surface area contributed by atoms with Crippen LogP contribution in [0.1, 0.15) is 36.5 Å². The van der Waals surface area contributed by atoms with Crippen LogP contribution in [0.2, 0.25) is 0 Å². The van der Waals surface area contributed by atoms with Crippen LogP contribution in [0.25, 0.3) is 5.70 Å². The van der Waals surface area contributed by atoms with Crippen molar-refractivity contribution in [2.75, 3.05) is 6.54 Å². The second kappa shape index (κ2) is 9.06. The van der Waals surface area contributed by atoms with E-state index in [0.29, 0.717) is 29.2 Å². The van der Waals surface area contributed by atoms with Crippen LogP contribution in [0.5, 0.6) is 0 Å². The highest BCUT2D eigenvalue weighted by atomic mass is 16.2. The number of hydrogen-bond donors (Lipinski definition) is 3. The number of nitriles is 1. The molecule has 0 fully saturated rings. The van der Waals surface area contributed by atoms with Crippen molar-refractivity contribution in [2.45, 2.75) is 32.4 Å². The highest BCUT2D eigenvalue weighted by molar-refractivity contribution is 5.63. The quantitative estimate of drug-likeness (QED) is 0.683. The third-order valence-electron chi connectivity index (χ3n) is 4.85. The molecule has 2 atom stereocenters. The molecule has 1 aliphatic rings. The molecule has 0 bridgehead atoms. The minimum atomic E-state index is -0.542. The van der Waals surface area contributed by atoms with E-state index in [2.05, 4.69) is 38.5 Å². The fraction of sp³-hybridized carbons (Fsp3) is 0.350. The first kappa shape index (κ1) is 19.5. The van der Waals surface area contributed by atoms with Gasteiger partial charge in [0.15, 0.2) is 0 Å². The number of aromatic nitrogens is 2. The highest BCUT2D eigenvalue weighted by Crippen LogP contribution is 2.25. The molecule has 0 amide bonds. The third-order valence-corrected chi connectivity index (χ3v) is 4.85. The smallest absolute Gasteiger partial charge is 0.313 e. The summed E-state index contributed by atoms with van der Waals surface area (Å²) in [6, 6.07) is 9.68. The van der Waals surface area contributed by atoms with Gasteiger partial charge in [-0.05, 0) is 36.5 Å². The summed E-state index contributed by atoms with van der Waals surface area (Å²) in [5.41, 5.74) is 1.56. The molecule has 1 aliphatic heterocycles. The summed E-state index contributed by atoms with van der Waals surface area (Å²) in [5.74, 6) is 0.314. The van der Waals surface area contributed by atoms with Gasteiger partial charge in [-0.15, -0.1) is 0 Å². The van der Waals surface area contributed by atoms with Crippen molar-refractivity contribution in [1.29, 1.82) is 5.26 Å². The van der Waals surface area contributed by atoms with Crippen molar-refractivity contribution in [3.05, 3.63) is 74.1 Å². The van der Waals surface area contributed by atoms with Gasteiger partial charge in [-0.3, -0.25) is 9.78 Å². The lowest BCUT2D eigenvalue weighted by atomic mass is 9.93. The lowest BCUT2D eigenvalue weighted by Crippen LogP contribution is -2.30. The standard InChI is InChI=1S/C20H22N6O2/c1-2-15(11-22-10-14-5-3-13(9-21)4-6-14)17-7-8-18(26-25-17)16-12-23-20(28)24-19(16)27/h3-6,8,12,15,17,22H,2,7,10-11H2,1H3,(H2,23,24,27,28)/t15-,17?/m1/s1. The molecule has 3 N–H and O–H groups in total. The fourth-order valence-corrected chi connectivity index (χ4v) is 3.16. The molecular formula is C20H22N6O2. The van der Waals surface area contributed by atoms with Crippen LogP contribution >= 0.6 is 0 Å². The second-order valence-corrected chi connectivity index (χ2v) is 6.70. The Morgan fingerprint density at radius 2 is 2.11 bits per heavy atom. The molecule has 1 unspecified atom stereocenters. The van der Waals surface area contributed by atoms with E-state index in [1.807, 2.05) is 30.3 Å². The zero-order valence-corrected chi connectivity index (χ0v) is 15.6. The zero-order chi connectivity index (χ0) is 19.9. The lowest BCUT2D eigenvalue weighted by Gasteiger charge is -2.23. The van der Waals surface area contributed by atoms with Gasteiger partial charge in [0.25, 0.3) is 5.56 Å². The number of aromatic amines is 2. The molecule has 28 heavy (non-hydrogen) atoms. The van der Waals surface area contributed by atoms with E-state index >= 15 is 0 Å². The first-order valence-corrected chi connectivity index (χ1v) is 9.24. The third kappa shape index (κ3) is 4.69. The monoisotopic (exact) mass is 378 g/mol. The molecule has 3 rings (SSSR count). The molecule has 8 nitrogen and oxygen atoms in total. The molecule has 144 valence electrons. The molecule has 2 heterocycles. The summed E-state index contributed by atoms with van der Waals surface area (Å²) in [5, 5.41) is 20.9. The van der Waals surface area contributed by atoms with E-state index in [9.17, 15) is 9.59 Å². The molecule has 1 aromatic heterocycles. The number of benzene rings is 1. The van der Waals surface area contributed by atoms with Crippen molar-refractivity contribution in [3.63, 3.8) is 0 Å². The Labute approximate surface area is 162 Å². The topological polar surface area (TPSA) is 126 Å². The summed E-state index contributed by atoms with van der Waals surface area (Å²) in [6.07, 6.45) is 4.90. The van der Waals surface area contributed by atoms with Crippen molar-refractivity contribution in [3.8, 4) is 6.07 Å². The van der Waals surface area contributed by atoms with E-state index in [-0.39, 0.29) is 6.04 Å². The number of nitrogens with one attached hydrogen (secondary N) is 3. The summed E-state index contributed by atoms with van der Waals surface area (Å²) in [4.78, 5) is 27.7. The molecule has 0 saturated carbocycles. The van der Waals surface area contributed by atoms with E-state index in [0.717, 1.165) is 25.1 Å². The van der Waals surface area contributed by atoms with Crippen LogP contribution in [0, 0.1) is 17.2 Å². The minimum Gasteiger partial charge on any atom is -0.313 e. The Kier molecular flexibility index (Phi) is 6.29. The number of rotatable bonds is 7. The van der Waals surface area contributed by atoms with Crippen LogP contribution in [0.4, 0.5) is 0 Å². The van der Waals surface area contributed by atoms with Gasteiger partial charge in [-0.1, -0.05) is 25.1 Å². The van der Waals surface area contributed by atoms with Gasteiger partial charge in [0.2, 0.25) is 0 Å². The molecule has 0 radical (unpaired) electrons. The van der Waals surface area contributed by atoms with Gasteiger partial charge in [0.1, 0.15) is 0 Å². The Bertz CT molecular complexity index is 1030. The van der Waals surface area contributed by atoms with Crippen molar-refractivity contribution in [2.24, 2.45) is 16.1 Å². The molecule has 8 heteroatoms. The Hall–Kier alpha value is -3.31. The lowest BCUT2D eigenvalue weighted by molar-refractivity contribution is 0.373. The van der Waals surface area contributed by atoms with Gasteiger partial charge in [-0.2, -0.15) is 15.5 Å². The number of H-pyrrole nitrogens is 2. The largest absolute Gasteiger partial charge is 0.325 e. The molecular weight excluding hydrogens is 356 g/mol. The maximum Gasteiger partial charge on any atom is 0.325 e. The molecule has 2 aromatic rings. The molecule has 0 saturated heterocycles. The van der Waals surface area contributed by atoms with E-state index in [1.165, 1.54) is 6.20 Å². The summed E-state index contributed by atoms with van der Waals surface area (Å²) < 4.78 is 0. The van der Waals surface area contributed by atoms with Crippen LogP contribution in [-0.2, 0) is 6.54 Å². The van der Waals surface area contributed by atoms with Gasteiger partial charge < -0.3 is 10.3 Å². The Morgan fingerprint density at radius 3 is 2.71 bits per heavy atom. The summed E-state index contributed by atoms with van der Waals surface area (Å²) in [7, 11) is 0. The Morgan fingerprint density at radius 1 is 1.32 bits per heavy atom. The average Bonchev–Trinajstić information content (AvgIpc) is 2.72. The maximum absolute atomic E-state index is 11.9. The van der Waals surface area contributed by atoms with Crippen molar-refractivity contribution in [1.82, 2.24) is 15.3 Å². The second-order valence-electron chi connectivity index (χ2n) is 6.70. The van der Waals surface area contributed by atoms with E-state index < -0.39 is 11.2 Å². The predicted molar refractivity (Wildman–Crippen MR) is 106 cm³/mol. The Balaban J connectivity index is 1.56. The number of nitrogens with zero attached hydrogens (tertiary/aromatic N) is 3. The molecule has 1 aromatic carbocycles. The van der Waals surface area contributed by atoms with E-state index in [4.69, 9.17) is 5.26 Å². The fourth-order valence-electron chi connectivity index (χ4n) is 3.16. The first-order chi connectivity index (χ1) is 13.6. The van der Waals surface area contributed by atoms with Crippen molar-refractivity contribution < 1.29 is 0 Å². The summed E-state index contributed by atoms with van der Waals surface area (Å²) >= 11 is 0. The minimum absolute atomic E-state index is 0.0454. The van der Waals surface area contributed by atoms with Crippen LogP contribution in [0.15, 0.2) is 56.4 Å². The molecule has 0 spiro atoms. The maximum atomic E-state index is 11.9. The average molecular weight is 378 g/mol. The van der Waals surface area contributed by atoms with E-state index in [1.54, 1.807) is 0 Å². The van der Waals surface area contributed by atoms with Crippen LogP contribution in [-0.4, -0.2) is 22.6 Å². The van der Waals surface area contributed by atoms with Gasteiger partial charge in [0.05, 0.1) is 28.9 Å². The van der Waals surface area contributed by atoms with Crippen LogP contribution in [0.3, 0.4) is 0 Å². The zero-order valence-electron chi connectivity index (χ0n) is 15.6. The normalized spacial score (nSPS) is 17.0. The molecule has 0 aliphatic carbocycles. The number of azo groups is 1. The van der Waals surface area contributed by atoms with Crippen molar-refractivity contribution >= 4 is 5.70 Å². The number of hydrogen-bond acceptors (Lipinski definition) is 6. The highest BCUT2D eigenvalue weighted by Gasteiger charge is 2.22. The van der Waals surface area contributed by atoms with Gasteiger partial charge in [-0.25, -0.2) is 4.79 Å². The van der Waals surface area contributed by atoms with Gasteiger partial charge in [0, 0.05) is 19.3 Å². The SMILES string of the molecule is CC[C@H](CNCc1ccc(C#N)cc1)C1CC=C(c2c[nH]c(=O)[nH]c2=O)N=N1.